The first-order valence-electron chi connectivity index (χ1n) is 7.57. The van der Waals surface area contributed by atoms with E-state index in [1.54, 1.807) is 0 Å². The van der Waals surface area contributed by atoms with E-state index in [0.717, 1.165) is 31.7 Å². The standard InChI is InChI=1S/C17H27NO2/c1-13(2)20-16-7-5-14(6-8-16)12-18-15-9-10-19-17(3,4)11-15/h5-8,13,15,18H,9-12H2,1-4H3/t15-/m1/s1. The largest absolute Gasteiger partial charge is 0.491 e. The third-order valence-electron chi connectivity index (χ3n) is 3.59. The van der Waals surface area contributed by atoms with Crippen LogP contribution >= 0.6 is 0 Å². The second-order valence-corrected chi connectivity index (χ2v) is 6.49. The predicted octanol–water partition coefficient (Wildman–Crippen LogP) is 3.52. The minimum atomic E-state index is 0.00484. The van der Waals surface area contributed by atoms with Crippen molar-refractivity contribution in [1.29, 1.82) is 0 Å². The molecule has 0 aliphatic carbocycles. The molecule has 1 N–H and O–H groups in total. The van der Waals surface area contributed by atoms with E-state index in [1.165, 1.54) is 5.56 Å². The smallest absolute Gasteiger partial charge is 0.119 e. The monoisotopic (exact) mass is 277 g/mol. The Morgan fingerprint density at radius 1 is 1.30 bits per heavy atom. The third kappa shape index (κ3) is 4.80. The van der Waals surface area contributed by atoms with Crippen LogP contribution in [0, 0.1) is 0 Å². The normalized spacial score (nSPS) is 21.9. The molecule has 0 bridgehead atoms. The number of hydrogen-bond acceptors (Lipinski definition) is 3. The number of benzene rings is 1. The van der Waals surface area contributed by atoms with Gasteiger partial charge in [0.05, 0.1) is 11.7 Å². The van der Waals surface area contributed by atoms with E-state index in [1.807, 2.05) is 26.0 Å². The zero-order valence-corrected chi connectivity index (χ0v) is 13.1. The highest BCUT2D eigenvalue weighted by Gasteiger charge is 2.28. The van der Waals surface area contributed by atoms with Gasteiger partial charge in [0.15, 0.2) is 0 Å². The van der Waals surface area contributed by atoms with Crippen molar-refractivity contribution in [3.63, 3.8) is 0 Å². The number of nitrogens with one attached hydrogen (secondary N) is 1. The van der Waals surface area contributed by atoms with Gasteiger partial charge >= 0.3 is 0 Å². The quantitative estimate of drug-likeness (QED) is 0.893. The molecule has 0 aromatic heterocycles. The lowest BCUT2D eigenvalue weighted by molar-refractivity contribution is -0.0630. The van der Waals surface area contributed by atoms with Gasteiger partial charge in [0.2, 0.25) is 0 Å². The third-order valence-corrected chi connectivity index (χ3v) is 3.59. The van der Waals surface area contributed by atoms with Crippen LogP contribution in [0.15, 0.2) is 24.3 Å². The van der Waals surface area contributed by atoms with E-state index in [0.29, 0.717) is 6.04 Å². The van der Waals surface area contributed by atoms with Crippen molar-refractivity contribution in [2.75, 3.05) is 6.61 Å². The van der Waals surface area contributed by atoms with Crippen LogP contribution in [0.1, 0.15) is 46.1 Å². The summed E-state index contributed by atoms with van der Waals surface area (Å²) in [5.74, 6) is 0.941. The molecule has 3 heteroatoms. The molecule has 1 heterocycles. The summed E-state index contributed by atoms with van der Waals surface area (Å²) >= 11 is 0. The van der Waals surface area contributed by atoms with Crippen molar-refractivity contribution in [2.24, 2.45) is 0 Å². The zero-order valence-electron chi connectivity index (χ0n) is 13.1. The molecule has 1 atom stereocenters. The summed E-state index contributed by atoms with van der Waals surface area (Å²) in [5, 5.41) is 3.63. The molecule has 0 saturated carbocycles. The van der Waals surface area contributed by atoms with E-state index in [-0.39, 0.29) is 11.7 Å². The Kier molecular flexibility index (Phi) is 5.06. The van der Waals surface area contributed by atoms with Crippen LogP contribution in [0.4, 0.5) is 0 Å². The number of rotatable bonds is 5. The van der Waals surface area contributed by atoms with Crippen LogP contribution in [-0.2, 0) is 11.3 Å². The maximum Gasteiger partial charge on any atom is 0.119 e. The van der Waals surface area contributed by atoms with E-state index < -0.39 is 0 Å². The molecule has 1 saturated heterocycles. The van der Waals surface area contributed by atoms with Gasteiger partial charge < -0.3 is 14.8 Å². The topological polar surface area (TPSA) is 30.5 Å². The predicted molar refractivity (Wildman–Crippen MR) is 82.1 cm³/mol. The molecule has 112 valence electrons. The summed E-state index contributed by atoms with van der Waals surface area (Å²) in [6.45, 7) is 10.2. The molecule has 0 spiro atoms. The highest BCUT2D eigenvalue weighted by atomic mass is 16.5. The van der Waals surface area contributed by atoms with Crippen molar-refractivity contribution < 1.29 is 9.47 Å². The minimum Gasteiger partial charge on any atom is -0.491 e. The summed E-state index contributed by atoms with van der Waals surface area (Å²) in [7, 11) is 0. The molecule has 0 unspecified atom stereocenters. The Morgan fingerprint density at radius 2 is 2.00 bits per heavy atom. The van der Waals surface area contributed by atoms with Crippen LogP contribution in [-0.4, -0.2) is 24.4 Å². The molecule has 1 aliphatic rings. The molecule has 3 nitrogen and oxygen atoms in total. The number of hydrogen-bond donors (Lipinski definition) is 1. The van der Waals surface area contributed by atoms with Gasteiger partial charge in [-0.15, -0.1) is 0 Å². The van der Waals surface area contributed by atoms with Gasteiger partial charge in [-0.3, -0.25) is 0 Å². The lowest BCUT2D eigenvalue weighted by Crippen LogP contribution is -2.43. The van der Waals surface area contributed by atoms with Crippen molar-refractivity contribution in [1.82, 2.24) is 5.32 Å². The molecular weight excluding hydrogens is 250 g/mol. The minimum absolute atomic E-state index is 0.00484. The molecule has 0 amide bonds. The van der Waals surface area contributed by atoms with Gasteiger partial charge in [-0.2, -0.15) is 0 Å². The maximum absolute atomic E-state index is 5.74. The Hall–Kier alpha value is -1.06. The summed E-state index contributed by atoms with van der Waals surface area (Å²) < 4.78 is 11.4. The van der Waals surface area contributed by atoms with E-state index in [4.69, 9.17) is 9.47 Å². The van der Waals surface area contributed by atoms with Crippen LogP contribution in [0.25, 0.3) is 0 Å². The Bertz CT molecular complexity index is 412. The first kappa shape index (κ1) is 15.3. The average molecular weight is 277 g/mol. The van der Waals surface area contributed by atoms with Gasteiger partial charge in [0.25, 0.3) is 0 Å². The lowest BCUT2D eigenvalue weighted by Gasteiger charge is -2.36. The highest BCUT2D eigenvalue weighted by molar-refractivity contribution is 5.27. The maximum atomic E-state index is 5.74. The van der Waals surface area contributed by atoms with Crippen LogP contribution in [0.2, 0.25) is 0 Å². The van der Waals surface area contributed by atoms with E-state index in [9.17, 15) is 0 Å². The van der Waals surface area contributed by atoms with Gasteiger partial charge in [-0.1, -0.05) is 12.1 Å². The molecule has 2 rings (SSSR count). The van der Waals surface area contributed by atoms with E-state index >= 15 is 0 Å². The van der Waals surface area contributed by atoms with Gasteiger partial charge in [0, 0.05) is 19.2 Å². The molecule has 1 fully saturated rings. The summed E-state index contributed by atoms with van der Waals surface area (Å²) in [6, 6.07) is 8.91. The van der Waals surface area contributed by atoms with Crippen molar-refractivity contribution in [3.8, 4) is 5.75 Å². The first-order valence-corrected chi connectivity index (χ1v) is 7.57. The van der Waals surface area contributed by atoms with Gasteiger partial charge in [0.1, 0.15) is 5.75 Å². The molecule has 1 aliphatic heterocycles. The molecular formula is C17H27NO2. The second kappa shape index (κ2) is 6.59. The Balaban J connectivity index is 1.82. The van der Waals surface area contributed by atoms with Crippen molar-refractivity contribution in [2.45, 2.75) is 64.8 Å². The first-order chi connectivity index (χ1) is 9.44. The van der Waals surface area contributed by atoms with E-state index in [2.05, 4.69) is 31.3 Å². The average Bonchev–Trinajstić information content (AvgIpc) is 2.36. The molecule has 1 aromatic rings. The Labute approximate surface area is 122 Å². The fourth-order valence-corrected chi connectivity index (χ4v) is 2.63. The van der Waals surface area contributed by atoms with Crippen LogP contribution < -0.4 is 10.1 Å². The lowest BCUT2D eigenvalue weighted by atomic mass is 9.94. The fourth-order valence-electron chi connectivity index (χ4n) is 2.63. The van der Waals surface area contributed by atoms with Crippen molar-refractivity contribution in [3.05, 3.63) is 29.8 Å². The van der Waals surface area contributed by atoms with Gasteiger partial charge in [-0.05, 0) is 58.2 Å². The van der Waals surface area contributed by atoms with Crippen molar-refractivity contribution >= 4 is 0 Å². The fraction of sp³-hybridized carbons (Fsp3) is 0.647. The summed E-state index contributed by atoms with van der Waals surface area (Å²) in [4.78, 5) is 0. The van der Waals surface area contributed by atoms with Crippen LogP contribution in [0.5, 0.6) is 5.75 Å². The summed E-state index contributed by atoms with van der Waals surface area (Å²) in [6.07, 6.45) is 2.39. The molecule has 1 aromatic carbocycles. The molecule has 0 radical (unpaired) electrons. The summed E-state index contributed by atoms with van der Waals surface area (Å²) in [5.41, 5.74) is 1.30. The van der Waals surface area contributed by atoms with Crippen LogP contribution in [0.3, 0.4) is 0 Å². The number of ether oxygens (including phenoxy) is 2. The Morgan fingerprint density at radius 3 is 2.60 bits per heavy atom. The SMILES string of the molecule is CC(C)Oc1ccc(CN[C@@H]2CCOC(C)(C)C2)cc1. The zero-order chi connectivity index (χ0) is 14.6. The van der Waals surface area contributed by atoms with Gasteiger partial charge in [-0.25, -0.2) is 0 Å². The second-order valence-electron chi connectivity index (χ2n) is 6.49. The highest BCUT2D eigenvalue weighted by Crippen LogP contribution is 2.24. The molecule has 20 heavy (non-hydrogen) atoms.